The number of carbonyl (C=O) groups excluding carboxylic acids is 2. The zero-order valence-corrected chi connectivity index (χ0v) is 15.1. The molecule has 0 aromatic heterocycles. The minimum absolute atomic E-state index is 0.000371. The van der Waals surface area contributed by atoms with E-state index in [9.17, 15) is 9.59 Å². The van der Waals surface area contributed by atoms with E-state index in [0.29, 0.717) is 18.1 Å². The van der Waals surface area contributed by atoms with Crippen LogP contribution in [0.2, 0.25) is 0 Å². The van der Waals surface area contributed by atoms with E-state index in [1.54, 1.807) is 31.4 Å². The van der Waals surface area contributed by atoms with E-state index in [-0.39, 0.29) is 17.7 Å². The molecule has 0 radical (unpaired) electrons. The first-order valence-electron chi connectivity index (χ1n) is 8.83. The van der Waals surface area contributed by atoms with Crippen LogP contribution in [0.5, 0.6) is 11.5 Å². The molecule has 6 nitrogen and oxygen atoms in total. The van der Waals surface area contributed by atoms with E-state index >= 15 is 0 Å². The van der Waals surface area contributed by atoms with Gasteiger partial charge in [0.05, 0.1) is 7.11 Å². The Labute approximate surface area is 154 Å². The Kier molecular flexibility index (Phi) is 7.74. The van der Waals surface area contributed by atoms with Crippen molar-refractivity contribution in [1.82, 2.24) is 10.9 Å². The standard InChI is InChI=1S/C20H26N2O4/c1-3-13-26-17-11-9-15(14-18(17)25-2)10-12-19(23)21-22-20(24)16-7-5-4-6-8-16/h3,9-12,14,16H,1,4-8,13H2,2H3,(H,21,23)(H,22,24)/b12-10+. The average molecular weight is 358 g/mol. The lowest BCUT2D eigenvalue weighted by Crippen LogP contribution is -2.44. The van der Waals surface area contributed by atoms with Crippen molar-refractivity contribution in [2.45, 2.75) is 32.1 Å². The molecule has 0 heterocycles. The fourth-order valence-corrected chi connectivity index (χ4v) is 2.86. The monoisotopic (exact) mass is 358 g/mol. The van der Waals surface area contributed by atoms with Crippen LogP contribution in [0.3, 0.4) is 0 Å². The molecule has 26 heavy (non-hydrogen) atoms. The number of carbonyl (C=O) groups is 2. The Morgan fingerprint density at radius 1 is 1.19 bits per heavy atom. The van der Waals surface area contributed by atoms with Crippen LogP contribution in [0, 0.1) is 5.92 Å². The van der Waals surface area contributed by atoms with Gasteiger partial charge in [-0.05, 0) is 36.6 Å². The molecule has 1 fully saturated rings. The van der Waals surface area contributed by atoms with Crippen LogP contribution in [0.25, 0.3) is 6.08 Å². The van der Waals surface area contributed by atoms with Crippen molar-refractivity contribution in [2.24, 2.45) is 5.92 Å². The van der Waals surface area contributed by atoms with E-state index in [4.69, 9.17) is 9.47 Å². The molecule has 1 aromatic rings. The average Bonchev–Trinajstić information content (AvgIpc) is 2.69. The molecule has 1 saturated carbocycles. The van der Waals surface area contributed by atoms with Crippen molar-refractivity contribution in [3.05, 3.63) is 42.5 Å². The maximum absolute atomic E-state index is 12.0. The number of rotatable bonds is 7. The minimum Gasteiger partial charge on any atom is -0.493 e. The first-order chi connectivity index (χ1) is 12.6. The van der Waals surface area contributed by atoms with E-state index in [2.05, 4.69) is 17.4 Å². The molecule has 0 saturated heterocycles. The molecule has 1 aliphatic rings. The van der Waals surface area contributed by atoms with Gasteiger partial charge in [-0.2, -0.15) is 0 Å². The Morgan fingerprint density at radius 3 is 2.65 bits per heavy atom. The lowest BCUT2D eigenvalue weighted by molar-refractivity contribution is -0.130. The highest BCUT2D eigenvalue weighted by molar-refractivity contribution is 5.93. The van der Waals surface area contributed by atoms with Crippen molar-refractivity contribution < 1.29 is 19.1 Å². The molecule has 2 rings (SSSR count). The Balaban J connectivity index is 1.86. The van der Waals surface area contributed by atoms with Gasteiger partial charge in [0.25, 0.3) is 5.91 Å². The van der Waals surface area contributed by atoms with Gasteiger partial charge >= 0.3 is 0 Å². The normalized spacial score (nSPS) is 14.7. The molecule has 0 aliphatic heterocycles. The second-order valence-electron chi connectivity index (χ2n) is 6.16. The smallest absolute Gasteiger partial charge is 0.262 e. The number of hydrogen-bond acceptors (Lipinski definition) is 4. The van der Waals surface area contributed by atoms with Crippen LogP contribution in [-0.4, -0.2) is 25.5 Å². The van der Waals surface area contributed by atoms with Crippen molar-refractivity contribution in [3.63, 3.8) is 0 Å². The van der Waals surface area contributed by atoms with Crippen LogP contribution < -0.4 is 20.3 Å². The minimum atomic E-state index is -0.389. The molecule has 2 N–H and O–H groups in total. The molecular formula is C20H26N2O4. The van der Waals surface area contributed by atoms with Gasteiger partial charge in [-0.3, -0.25) is 20.4 Å². The molecule has 140 valence electrons. The summed E-state index contributed by atoms with van der Waals surface area (Å²) >= 11 is 0. The maximum atomic E-state index is 12.0. The first kappa shape index (κ1) is 19.6. The third kappa shape index (κ3) is 5.95. The maximum Gasteiger partial charge on any atom is 0.262 e. The van der Waals surface area contributed by atoms with Crippen LogP contribution in [0.4, 0.5) is 0 Å². The van der Waals surface area contributed by atoms with Gasteiger partial charge in [0.15, 0.2) is 11.5 Å². The van der Waals surface area contributed by atoms with E-state index in [0.717, 1.165) is 31.2 Å². The number of benzene rings is 1. The third-order valence-electron chi connectivity index (χ3n) is 4.26. The summed E-state index contributed by atoms with van der Waals surface area (Å²) in [5.74, 6) is 0.672. The lowest BCUT2D eigenvalue weighted by atomic mass is 9.89. The highest BCUT2D eigenvalue weighted by atomic mass is 16.5. The van der Waals surface area contributed by atoms with E-state index < -0.39 is 0 Å². The largest absolute Gasteiger partial charge is 0.493 e. The number of ether oxygens (including phenoxy) is 2. The predicted molar refractivity (Wildman–Crippen MR) is 101 cm³/mol. The quantitative estimate of drug-likeness (QED) is 0.446. The predicted octanol–water partition coefficient (Wildman–Crippen LogP) is 3.00. The third-order valence-corrected chi connectivity index (χ3v) is 4.26. The summed E-state index contributed by atoms with van der Waals surface area (Å²) in [6, 6.07) is 5.35. The summed E-state index contributed by atoms with van der Waals surface area (Å²) in [5.41, 5.74) is 5.70. The van der Waals surface area contributed by atoms with Crippen LogP contribution >= 0.6 is 0 Å². The first-order valence-corrected chi connectivity index (χ1v) is 8.83. The van der Waals surface area contributed by atoms with Crippen LogP contribution in [0.15, 0.2) is 36.9 Å². The van der Waals surface area contributed by atoms with E-state index in [1.807, 2.05) is 6.07 Å². The van der Waals surface area contributed by atoms with Gasteiger partial charge in [-0.1, -0.05) is 38.0 Å². The molecular weight excluding hydrogens is 332 g/mol. The molecule has 1 aliphatic carbocycles. The fourth-order valence-electron chi connectivity index (χ4n) is 2.86. The number of methoxy groups -OCH3 is 1. The second-order valence-corrected chi connectivity index (χ2v) is 6.16. The van der Waals surface area contributed by atoms with Gasteiger partial charge in [-0.15, -0.1) is 0 Å². The Bertz CT molecular complexity index is 664. The summed E-state index contributed by atoms with van der Waals surface area (Å²) in [6.45, 7) is 3.99. The van der Waals surface area contributed by atoms with Gasteiger partial charge < -0.3 is 9.47 Å². The fraction of sp³-hybridized carbons (Fsp3) is 0.400. The van der Waals surface area contributed by atoms with Gasteiger partial charge in [0, 0.05) is 12.0 Å². The number of hydrogen-bond donors (Lipinski definition) is 2. The highest BCUT2D eigenvalue weighted by Gasteiger charge is 2.20. The molecule has 0 atom stereocenters. The molecule has 0 bridgehead atoms. The summed E-state index contributed by atoms with van der Waals surface area (Å²) in [5, 5.41) is 0. The van der Waals surface area contributed by atoms with E-state index in [1.165, 1.54) is 12.5 Å². The molecule has 0 spiro atoms. The summed E-state index contributed by atoms with van der Waals surface area (Å²) < 4.78 is 10.8. The van der Waals surface area contributed by atoms with Crippen molar-refractivity contribution in [2.75, 3.05) is 13.7 Å². The number of nitrogens with one attached hydrogen (secondary N) is 2. The number of amides is 2. The zero-order valence-electron chi connectivity index (χ0n) is 15.1. The Morgan fingerprint density at radius 2 is 1.96 bits per heavy atom. The molecule has 6 heteroatoms. The number of hydrazine groups is 1. The van der Waals surface area contributed by atoms with Gasteiger partial charge in [0.1, 0.15) is 6.61 Å². The topological polar surface area (TPSA) is 76.7 Å². The van der Waals surface area contributed by atoms with Crippen molar-refractivity contribution in [3.8, 4) is 11.5 Å². The second kappa shape index (κ2) is 10.3. The summed E-state index contributed by atoms with van der Waals surface area (Å²) in [6.07, 6.45) is 9.75. The van der Waals surface area contributed by atoms with Crippen molar-refractivity contribution in [1.29, 1.82) is 0 Å². The van der Waals surface area contributed by atoms with Gasteiger partial charge in [0.2, 0.25) is 5.91 Å². The lowest BCUT2D eigenvalue weighted by Gasteiger charge is -2.20. The van der Waals surface area contributed by atoms with Crippen molar-refractivity contribution >= 4 is 17.9 Å². The van der Waals surface area contributed by atoms with Gasteiger partial charge in [-0.25, -0.2) is 0 Å². The zero-order chi connectivity index (χ0) is 18.8. The molecule has 0 unspecified atom stereocenters. The van der Waals surface area contributed by atoms with Crippen LogP contribution in [0.1, 0.15) is 37.7 Å². The summed E-state index contributed by atoms with van der Waals surface area (Å²) in [4.78, 5) is 23.9. The van der Waals surface area contributed by atoms with Crippen LogP contribution in [-0.2, 0) is 9.59 Å². The Hall–Kier alpha value is -2.76. The molecule has 1 aromatic carbocycles. The SMILES string of the molecule is C=CCOc1ccc(/C=C/C(=O)NNC(=O)C2CCCCC2)cc1OC. The molecule has 2 amide bonds. The summed E-state index contributed by atoms with van der Waals surface area (Å²) in [7, 11) is 1.55. The highest BCUT2D eigenvalue weighted by Crippen LogP contribution is 2.28.